The van der Waals surface area contributed by atoms with Crippen LogP contribution in [0.1, 0.15) is 5.56 Å². The molecule has 1 heterocycles. The van der Waals surface area contributed by atoms with Crippen LogP contribution in [0.4, 0.5) is 0 Å². The van der Waals surface area contributed by atoms with E-state index in [2.05, 4.69) is 10.2 Å². The molecule has 0 spiro atoms. The van der Waals surface area contributed by atoms with Gasteiger partial charge in [-0.25, -0.2) is 0 Å². The number of rotatable bonds is 3. The first-order chi connectivity index (χ1) is 7.66. The van der Waals surface area contributed by atoms with Crippen molar-refractivity contribution in [3.63, 3.8) is 0 Å². The molecule has 5 heteroatoms. The molecule has 0 saturated heterocycles. The number of aromatic nitrogens is 2. The predicted molar refractivity (Wildman–Crippen MR) is 60.4 cm³/mol. The fourth-order valence-electron chi connectivity index (χ4n) is 1.46. The van der Waals surface area contributed by atoms with Gasteiger partial charge in [-0.15, -0.1) is 0 Å². The first-order valence-electron chi connectivity index (χ1n) is 4.66. The molecular formula is C11H9ClN2O2. The van der Waals surface area contributed by atoms with Crippen molar-refractivity contribution in [2.24, 2.45) is 0 Å². The Hall–Kier alpha value is -1.81. The lowest BCUT2D eigenvalue weighted by Gasteiger charge is -2.04. The average molecular weight is 237 g/mol. The summed E-state index contributed by atoms with van der Waals surface area (Å²) in [7, 11) is 0. The third kappa shape index (κ3) is 2.23. The Morgan fingerprint density at radius 2 is 2.25 bits per heavy atom. The van der Waals surface area contributed by atoms with Crippen molar-refractivity contribution in [3.05, 3.63) is 41.2 Å². The highest BCUT2D eigenvalue weighted by Gasteiger charge is 2.08. The summed E-state index contributed by atoms with van der Waals surface area (Å²) in [5, 5.41) is 15.7. The first-order valence-corrected chi connectivity index (χ1v) is 5.04. The molecule has 2 rings (SSSR count). The van der Waals surface area contributed by atoms with Gasteiger partial charge in [-0.05, 0) is 23.3 Å². The molecule has 0 radical (unpaired) electrons. The maximum Gasteiger partial charge on any atom is 0.307 e. The van der Waals surface area contributed by atoms with Gasteiger partial charge in [-0.2, -0.15) is 5.10 Å². The molecule has 1 aromatic heterocycles. The minimum Gasteiger partial charge on any atom is -0.481 e. The van der Waals surface area contributed by atoms with Gasteiger partial charge < -0.3 is 5.11 Å². The van der Waals surface area contributed by atoms with Crippen LogP contribution in [0.25, 0.3) is 11.1 Å². The number of benzene rings is 1. The Morgan fingerprint density at radius 3 is 2.88 bits per heavy atom. The molecule has 0 aliphatic heterocycles. The molecule has 2 N–H and O–H groups in total. The highest BCUT2D eigenvalue weighted by atomic mass is 35.5. The van der Waals surface area contributed by atoms with Crippen LogP contribution in [0, 0.1) is 0 Å². The van der Waals surface area contributed by atoms with E-state index in [9.17, 15) is 4.79 Å². The summed E-state index contributed by atoms with van der Waals surface area (Å²) in [5.74, 6) is -0.897. The number of hydrogen-bond acceptors (Lipinski definition) is 2. The lowest BCUT2D eigenvalue weighted by Crippen LogP contribution is -2.00. The molecule has 0 bridgehead atoms. The van der Waals surface area contributed by atoms with E-state index in [4.69, 9.17) is 16.7 Å². The SMILES string of the molecule is O=C(O)Cc1cc(-c2cn[nH]c2)ccc1Cl. The van der Waals surface area contributed by atoms with E-state index in [1.54, 1.807) is 24.5 Å². The van der Waals surface area contributed by atoms with Gasteiger partial charge in [0.15, 0.2) is 0 Å². The lowest BCUT2D eigenvalue weighted by atomic mass is 10.0. The van der Waals surface area contributed by atoms with Gasteiger partial charge in [-0.3, -0.25) is 9.89 Å². The van der Waals surface area contributed by atoms with Gasteiger partial charge in [0.1, 0.15) is 0 Å². The molecule has 0 amide bonds. The average Bonchev–Trinajstić information content (AvgIpc) is 2.73. The zero-order chi connectivity index (χ0) is 11.5. The summed E-state index contributed by atoms with van der Waals surface area (Å²) in [6, 6.07) is 5.29. The third-order valence-corrected chi connectivity index (χ3v) is 2.59. The van der Waals surface area contributed by atoms with Crippen LogP contribution in [0.5, 0.6) is 0 Å². The Morgan fingerprint density at radius 1 is 1.44 bits per heavy atom. The van der Waals surface area contributed by atoms with Gasteiger partial charge in [0.05, 0.1) is 12.6 Å². The summed E-state index contributed by atoms with van der Waals surface area (Å²) in [4.78, 5) is 10.6. The van der Waals surface area contributed by atoms with Crippen LogP contribution in [0.2, 0.25) is 5.02 Å². The molecule has 4 nitrogen and oxygen atoms in total. The second-order valence-corrected chi connectivity index (χ2v) is 3.77. The largest absolute Gasteiger partial charge is 0.481 e. The lowest BCUT2D eigenvalue weighted by molar-refractivity contribution is -0.136. The van der Waals surface area contributed by atoms with Crippen molar-refractivity contribution in [2.45, 2.75) is 6.42 Å². The Bertz CT molecular complexity index is 509. The molecule has 0 atom stereocenters. The summed E-state index contributed by atoms with van der Waals surface area (Å²) >= 11 is 5.91. The van der Waals surface area contributed by atoms with E-state index in [1.807, 2.05) is 6.07 Å². The Balaban J connectivity index is 2.39. The number of halogens is 1. The quantitative estimate of drug-likeness (QED) is 0.860. The molecular weight excluding hydrogens is 228 g/mol. The maximum atomic E-state index is 10.6. The summed E-state index contributed by atoms with van der Waals surface area (Å²) in [6.45, 7) is 0. The van der Waals surface area contributed by atoms with E-state index in [-0.39, 0.29) is 6.42 Å². The number of hydrogen-bond donors (Lipinski definition) is 2. The van der Waals surface area contributed by atoms with E-state index >= 15 is 0 Å². The minimum atomic E-state index is -0.897. The van der Waals surface area contributed by atoms with E-state index < -0.39 is 5.97 Å². The normalized spacial score (nSPS) is 10.3. The van der Waals surface area contributed by atoms with Crippen molar-refractivity contribution in [2.75, 3.05) is 0 Å². The number of nitrogens with one attached hydrogen (secondary N) is 1. The monoisotopic (exact) mass is 236 g/mol. The second kappa shape index (κ2) is 4.37. The van der Waals surface area contributed by atoms with Crippen LogP contribution in [0.15, 0.2) is 30.6 Å². The molecule has 82 valence electrons. The fourth-order valence-corrected chi connectivity index (χ4v) is 1.65. The van der Waals surface area contributed by atoms with Crippen molar-refractivity contribution in [3.8, 4) is 11.1 Å². The Labute approximate surface area is 96.9 Å². The number of H-pyrrole nitrogens is 1. The van der Waals surface area contributed by atoms with Crippen molar-refractivity contribution in [1.82, 2.24) is 10.2 Å². The van der Waals surface area contributed by atoms with Crippen molar-refractivity contribution >= 4 is 17.6 Å². The van der Waals surface area contributed by atoms with Crippen LogP contribution in [-0.2, 0) is 11.2 Å². The highest BCUT2D eigenvalue weighted by molar-refractivity contribution is 6.31. The predicted octanol–water partition coefficient (Wildman–Crippen LogP) is 2.36. The zero-order valence-corrected chi connectivity index (χ0v) is 9.03. The summed E-state index contributed by atoms with van der Waals surface area (Å²) in [5.41, 5.74) is 2.41. The highest BCUT2D eigenvalue weighted by Crippen LogP contribution is 2.24. The van der Waals surface area contributed by atoms with Gasteiger partial charge >= 0.3 is 5.97 Å². The summed E-state index contributed by atoms with van der Waals surface area (Å²) in [6.07, 6.45) is 3.34. The molecule has 0 unspecified atom stereocenters. The van der Waals surface area contributed by atoms with E-state index in [0.717, 1.165) is 11.1 Å². The number of carboxylic acids is 1. The number of aromatic amines is 1. The van der Waals surface area contributed by atoms with Gasteiger partial charge in [0.25, 0.3) is 0 Å². The molecule has 0 aliphatic carbocycles. The molecule has 16 heavy (non-hydrogen) atoms. The minimum absolute atomic E-state index is 0.0788. The molecule has 2 aromatic rings. The van der Waals surface area contributed by atoms with Gasteiger partial charge in [0.2, 0.25) is 0 Å². The van der Waals surface area contributed by atoms with Crippen LogP contribution in [-0.4, -0.2) is 21.3 Å². The molecule has 0 aliphatic rings. The molecule has 1 aromatic carbocycles. The topological polar surface area (TPSA) is 66.0 Å². The third-order valence-electron chi connectivity index (χ3n) is 2.22. The first kappa shape index (κ1) is 10.7. The number of nitrogens with zero attached hydrogens (tertiary/aromatic N) is 1. The molecule has 0 fully saturated rings. The van der Waals surface area contributed by atoms with E-state index in [1.165, 1.54) is 0 Å². The Kier molecular flexibility index (Phi) is 2.92. The maximum absolute atomic E-state index is 10.6. The van der Waals surface area contributed by atoms with Crippen molar-refractivity contribution in [1.29, 1.82) is 0 Å². The summed E-state index contributed by atoms with van der Waals surface area (Å²) < 4.78 is 0. The molecule has 0 saturated carbocycles. The second-order valence-electron chi connectivity index (χ2n) is 3.36. The number of carbonyl (C=O) groups is 1. The zero-order valence-electron chi connectivity index (χ0n) is 8.27. The van der Waals surface area contributed by atoms with Crippen LogP contribution >= 0.6 is 11.6 Å². The number of aliphatic carboxylic acids is 1. The van der Waals surface area contributed by atoms with E-state index in [0.29, 0.717) is 10.6 Å². The van der Waals surface area contributed by atoms with Gasteiger partial charge in [0, 0.05) is 16.8 Å². The van der Waals surface area contributed by atoms with Crippen LogP contribution < -0.4 is 0 Å². The van der Waals surface area contributed by atoms with Gasteiger partial charge in [-0.1, -0.05) is 17.7 Å². The number of carboxylic acid groups (broad SMARTS) is 1. The van der Waals surface area contributed by atoms with Crippen molar-refractivity contribution < 1.29 is 9.90 Å². The van der Waals surface area contributed by atoms with Crippen LogP contribution in [0.3, 0.4) is 0 Å². The standard InChI is InChI=1S/C11H9ClN2O2/c12-10-2-1-7(9-5-13-14-6-9)3-8(10)4-11(15)16/h1-3,5-6H,4H2,(H,13,14)(H,15,16). The fraction of sp³-hybridized carbons (Fsp3) is 0.0909. The smallest absolute Gasteiger partial charge is 0.307 e.